The van der Waals surface area contributed by atoms with Crippen LogP contribution in [-0.2, 0) is 21.2 Å². The number of hydrogen-bond acceptors (Lipinski definition) is 6. The molecule has 0 radical (unpaired) electrons. The predicted octanol–water partition coefficient (Wildman–Crippen LogP) is 4.05. The lowest BCUT2D eigenvalue weighted by atomic mass is 10.1. The van der Waals surface area contributed by atoms with Crippen LogP contribution in [0.25, 0.3) is 0 Å². The topological polar surface area (TPSA) is 94.2 Å². The number of ether oxygens (including phenoxy) is 3. The number of amides is 1. The van der Waals surface area contributed by atoms with Crippen molar-refractivity contribution in [1.29, 1.82) is 0 Å². The average molecular weight is 513 g/mol. The number of carbonyl (C=O) groups is 1. The summed E-state index contributed by atoms with van der Waals surface area (Å²) in [6.45, 7) is 2.52. The Morgan fingerprint density at radius 3 is 2.28 bits per heavy atom. The molecule has 0 saturated carbocycles. The second-order valence-corrected chi connectivity index (χ2v) is 9.72. The summed E-state index contributed by atoms with van der Waals surface area (Å²) in [5.74, 6) is 1.23. The van der Waals surface area contributed by atoms with Crippen molar-refractivity contribution < 1.29 is 27.4 Å². The number of para-hydroxylation sites is 1. The number of nitrogens with one attached hydrogen (secondary N) is 1. The van der Waals surface area contributed by atoms with E-state index in [1.165, 1.54) is 32.4 Å². The third kappa shape index (κ3) is 6.69. The molecule has 0 spiro atoms. The van der Waals surface area contributed by atoms with E-state index in [9.17, 15) is 13.2 Å². The number of methoxy groups -OCH3 is 2. The Morgan fingerprint density at radius 2 is 1.58 bits per heavy atom. The fourth-order valence-electron chi connectivity index (χ4n) is 3.71. The molecule has 0 atom stereocenters. The van der Waals surface area contributed by atoms with E-state index in [1.54, 1.807) is 30.3 Å². The fourth-order valence-corrected chi connectivity index (χ4v) is 5.15. The van der Waals surface area contributed by atoms with Crippen LogP contribution in [0.15, 0.2) is 77.7 Å². The van der Waals surface area contributed by atoms with Crippen LogP contribution >= 0.6 is 0 Å². The Kier molecular flexibility index (Phi) is 9.58. The average Bonchev–Trinajstić information content (AvgIpc) is 2.90. The number of anilines is 1. The van der Waals surface area contributed by atoms with Crippen molar-refractivity contribution in [2.45, 2.75) is 24.7 Å². The van der Waals surface area contributed by atoms with Gasteiger partial charge in [0, 0.05) is 12.6 Å². The van der Waals surface area contributed by atoms with Gasteiger partial charge in [-0.2, -0.15) is 0 Å². The van der Waals surface area contributed by atoms with Gasteiger partial charge in [0.1, 0.15) is 12.3 Å². The van der Waals surface area contributed by atoms with Gasteiger partial charge >= 0.3 is 0 Å². The Bertz CT molecular complexity index is 1250. The van der Waals surface area contributed by atoms with Crippen molar-refractivity contribution in [3.05, 3.63) is 78.4 Å². The summed E-state index contributed by atoms with van der Waals surface area (Å²) in [6, 6.07) is 20.5. The third-order valence-corrected chi connectivity index (χ3v) is 7.28. The van der Waals surface area contributed by atoms with Crippen molar-refractivity contribution in [1.82, 2.24) is 5.32 Å². The van der Waals surface area contributed by atoms with Gasteiger partial charge in [-0.3, -0.25) is 9.10 Å². The highest BCUT2D eigenvalue weighted by Crippen LogP contribution is 2.33. The van der Waals surface area contributed by atoms with Crippen LogP contribution < -0.4 is 23.8 Å². The predicted molar refractivity (Wildman–Crippen MR) is 139 cm³/mol. The summed E-state index contributed by atoms with van der Waals surface area (Å²) in [4.78, 5) is 12.9. The molecule has 0 aromatic heterocycles. The zero-order valence-electron chi connectivity index (χ0n) is 20.8. The van der Waals surface area contributed by atoms with Crippen molar-refractivity contribution in [3.63, 3.8) is 0 Å². The van der Waals surface area contributed by atoms with E-state index in [1.807, 2.05) is 31.2 Å². The molecule has 0 unspecified atom stereocenters. The highest BCUT2D eigenvalue weighted by Gasteiger charge is 2.28. The first kappa shape index (κ1) is 26.9. The number of hydrogen-bond donors (Lipinski definition) is 1. The van der Waals surface area contributed by atoms with Crippen molar-refractivity contribution >= 4 is 21.6 Å². The second-order valence-electron chi connectivity index (χ2n) is 7.86. The van der Waals surface area contributed by atoms with E-state index in [4.69, 9.17) is 14.2 Å². The third-order valence-electron chi connectivity index (χ3n) is 5.49. The molecule has 1 amide bonds. The van der Waals surface area contributed by atoms with E-state index in [-0.39, 0.29) is 17.1 Å². The van der Waals surface area contributed by atoms with Gasteiger partial charge in [-0.1, -0.05) is 36.4 Å². The highest BCUT2D eigenvalue weighted by molar-refractivity contribution is 7.92. The number of rotatable bonds is 13. The SMILES string of the molecule is CCOc1ccccc1CCCNC(=O)CN(c1ccc(OC)c(OC)c1)S(=O)(=O)c1ccccc1. The number of carbonyl (C=O) groups excluding carboxylic acids is 1. The fraction of sp³-hybridized carbons (Fsp3) is 0.296. The normalized spacial score (nSPS) is 11.0. The van der Waals surface area contributed by atoms with Gasteiger partial charge in [-0.05, 0) is 55.7 Å². The molecule has 3 aromatic rings. The van der Waals surface area contributed by atoms with Crippen LogP contribution in [-0.4, -0.2) is 48.2 Å². The lowest BCUT2D eigenvalue weighted by Crippen LogP contribution is -2.41. The monoisotopic (exact) mass is 512 g/mol. The molecule has 36 heavy (non-hydrogen) atoms. The first-order chi connectivity index (χ1) is 17.4. The van der Waals surface area contributed by atoms with Gasteiger partial charge in [-0.25, -0.2) is 8.42 Å². The Hall–Kier alpha value is -3.72. The molecular formula is C27H32N2O6S. The molecule has 0 aliphatic carbocycles. The number of sulfonamides is 1. The van der Waals surface area contributed by atoms with Crippen LogP contribution in [0.2, 0.25) is 0 Å². The van der Waals surface area contributed by atoms with Crippen LogP contribution in [0, 0.1) is 0 Å². The quantitative estimate of drug-likeness (QED) is 0.347. The van der Waals surface area contributed by atoms with E-state index >= 15 is 0 Å². The van der Waals surface area contributed by atoms with Gasteiger partial charge in [0.05, 0.1) is 31.4 Å². The molecule has 0 bridgehead atoms. The molecule has 0 aliphatic rings. The van der Waals surface area contributed by atoms with Crippen LogP contribution in [0.1, 0.15) is 18.9 Å². The Balaban J connectivity index is 1.74. The molecule has 3 aromatic carbocycles. The molecule has 0 aliphatic heterocycles. The van der Waals surface area contributed by atoms with Gasteiger partial charge in [0.15, 0.2) is 11.5 Å². The summed E-state index contributed by atoms with van der Waals surface area (Å²) in [5, 5.41) is 2.84. The molecule has 0 heterocycles. The Labute approximate surface area is 212 Å². The van der Waals surface area contributed by atoms with E-state index in [0.717, 1.165) is 22.0 Å². The zero-order valence-corrected chi connectivity index (χ0v) is 21.6. The molecule has 192 valence electrons. The largest absolute Gasteiger partial charge is 0.494 e. The lowest BCUT2D eigenvalue weighted by molar-refractivity contribution is -0.119. The molecule has 1 N–H and O–H groups in total. The van der Waals surface area contributed by atoms with Crippen LogP contribution in [0.4, 0.5) is 5.69 Å². The van der Waals surface area contributed by atoms with E-state index in [2.05, 4.69) is 5.32 Å². The zero-order chi connectivity index (χ0) is 26.0. The minimum atomic E-state index is -4.02. The molecule has 0 fully saturated rings. The van der Waals surface area contributed by atoms with Gasteiger partial charge < -0.3 is 19.5 Å². The molecule has 0 saturated heterocycles. The molecule has 8 nitrogen and oxygen atoms in total. The summed E-state index contributed by atoms with van der Waals surface area (Å²) in [7, 11) is -1.06. The van der Waals surface area contributed by atoms with Crippen molar-refractivity contribution in [2.24, 2.45) is 0 Å². The van der Waals surface area contributed by atoms with Gasteiger partial charge in [-0.15, -0.1) is 0 Å². The maximum absolute atomic E-state index is 13.5. The smallest absolute Gasteiger partial charge is 0.264 e. The standard InChI is InChI=1S/C27H32N2O6S/c1-4-35-24-15-9-8-11-21(24)12-10-18-28-27(30)20-29(36(31,32)23-13-6-5-7-14-23)22-16-17-25(33-2)26(19-22)34-3/h5-9,11,13-17,19H,4,10,12,18,20H2,1-3H3,(H,28,30). The minimum Gasteiger partial charge on any atom is -0.494 e. The maximum atomic E-state index is 13.5. The first-order valence-electron chi connectivity index (χ1n) is 11.7. The van der Waals surface area contributed by atoms with Gasteiger partial charge in [0.2, 0.25) is 5.91 Å². The molecule has 9 heteroatoms. The molecule has 3 rings (SSSR count). The summed E-state index contributed by atoms with van der Waals surface area (Å²) in [6.07, 6.45) is 1.40. The van der Waals surface area contributed by atoms with Crippen molar-refractivity contribution in [2.75, 3.05) is 38.2 Å². The summed E-state index contributed by atoms with van der Waals surface area (Å²) >= 11 is 0. The highest BCUT2D eigenvalue weighted by atomic mass is 32.2. The van der Waals surface area contributed by atoms with Crippen LogP contribution in [0.3, 0.4) is 0 Å². The number of aryl methyl sites for hydroxylation is 1. The minimum absolute atomic E-state index is 0.0834. The van der Waals surface area contributed by atoms with E-state index in [0.29, 0.717) is 31.1 Å². The van der Waals surface area contributed by atoms with E-state index < -0.39 is 15.9 Å². The van der Waals surface area contributed by atoms with Crippen molar-refractivity contribution in [3.8, 4) is 17.2 Å². The Morgan fingerprint density at radius 1 is 0.889 bits per heavy atom. The number of benzene rings is 3. The lowest BCUT2D eigenvalue weighted by Gasteiger charge is -2.25. The summed E-state index contributed by atoms with van der Waals surface area (Å²) < 4.78 is 44.3. The maximum Gasteiger partial charge on any atom is 0.264 e. The molecular weight excluding hydrogens is 480 g/mol. The van der Waals surface area contributed by atoms with Crippen LogP contribution in [0.5, 0.6) is 17.2 Å². The van der Waals surface area contributed by atoms with Gasteiger partial charge in [0.25, 0.3) is 10.0 Å². The first-order valence-corrected chi connectivity index (χ1v) is 13.1. The second kappa shape index (κ2) is 12.8. The number of nitrogens with zero attached hydrogens (tertiary/aromatic N) is 1. The summed E-state index contributed by atoms with van der Waals surface area (Å²) in [5.41, 5.74) is 1.35.